The predicted octanol–water partition coefficient (Wildman–Crippen LogP) is 3.83. The van der Waals surface area contributed by atoms with Crippen LogP contribution in [0.5, 0.6) is 0 Å². The van der Waals surface area contributed by atoms with Gasteiger partial charge in [0.25, 0.3) is 5.91 Å². The number of carbonyl (C=O) groups is 1. The highest BCUT2D eigenvalue weighted by atomic mass is 19.2. The molecule has 25 heavy (non-hydrogen) atoms. The molecule has 1 aliphatic rings. The van der Waals surface area contributed by atoms with Crippen molar-refractivity contribution in [1.82, 2.24) is 9.47 Å². The van der Waals surface area contributed by atoms with E-state index in [9.17, 15) is 13.6 Å². The molecular weight excluding hydrogens is 324 g/mol. The first-order valence-corrected chi connectivity index (χ1v) is 8.04. The summed E-state index contributed by atoms with van der Waals surface area (Å²) < 4.78 is 28.5. The maximum atomic E-state index is 13.4. The molecule has 1 aliphatic heterocycles. The molecule has 0 bridgehead atoms. The zero-order valence-corrected chi connectivity index (χ0v) is 13.9. The van der Waals surface area contributed by atoms with Gasteiger partial charge in [-0.3, -0.25) is 4.79 Å². The number of nitrogens with zero attached hydrogens (tertiary/aromatic N) is 2. The van der Waals surface area contributed by atoms with Crippen LogP contribution in [0.25, 0.3) is 10.9 Å². The number of hydrogen-bond donors (Lipinski definition) is 1. The van der Waals surface area contributed by atoms with Crippen molar-refractivity contribution >= 4 is 28.2 Å². The SMILES string of the molecule is CN1CCc2c(c3ccc(Nc4ccc(F)c(F)c4)cc3n2C)C1=O. The van der Waals surface area contributed by atoms with E-state index < -0.39 is 11.6 Å². The van der Waals surface area contributed by atoms with Crippen molar-refractivity contribution in [3.63, 3.8) is 0 Å². The van der Waals surface area contributed by atoms with Crippen LogP contribution >= 0.6 is 0 Å². The van der Waals surface area contributed by atoms with Crippen LogP contribution in [0.2, 0.25) is 0 Å². The highest BCUT2D eigenvalue weighted by Gasteiger charge is 2.27. The van der Waals surface area contributed by atoms with Gasteiger partial charge in [-0.1, -0.05) is 0 Å². The van der Waals surface area contributed by atoms with Crippen molar-refractivity contribution in [2.75, 3.05) is 18.9 Å². The number of likely N-dealkylation sites (N-methyl/N-ethyl adjacent to an activating group) is 1. The Morgan fingerprint density at radius 2 is 1.72 bits per heavy atom. The molecule has 2 aromatic carbocycles. The van der Waals surface area contributed by atoms with Crippen LogP contribution in [0.1, 0.15) is 16.1 Å². The van der Waals surface area contributed by atoms with Gasteiger partial charge in [-0.2, -0.15) is 0 Å². The average molecular weight is 341 g/mol. The Morgan fingerprint density at radius 1 is 1.00 bits per heavy atom. The Labute approximate surface area is 143 Å². The van der Waals surface area contributed by atoms with Crippen molar-refractivity contribution in [2.45, 2.75) is 6.42 Å². The number of rotatable bonds is 2. The maximum Gasteiger partial charge on any atom is 0.256 e. The van der Waals surface area contributed by atoms with E-state index in [0.29, 0.717) is 12.2 Å². The van der Waals surface area contributed by atoms with Gasteiger partial charge in [0.2, 0.25) is 0 Å². The number of halogens is 2. The number of hydrogen-bond acceptors (Lipinski definition) is 2. The maximum absolute atomic E-state index is 13.4. The number of aryl methyl sites for hydroxylation is 1. The number of amides is 1. The molecule has 128 valence electrons. The summed E-state index contributed by atoms with van der Waals surface area (Å²) in [6.45, 7) is 0.704. The lowest BCUT2D eigenvalue weighted by atomic mass is 10.0. The lowest BCUT2D eigenvalue weighted by Gasteiger charge is -2.23. The second-order valence-electron chi connectivity index (χ2n) is 6.34. The van der Waals surface area contributed by atoms with Crippen molar-refractivity contribution < 1.29 is 13.6 Å². The van der Waals surface area contributed by atoms with Gasteiger partial charge in [-0.05, 0) is 30.3 Å². The summed E-state index contributed by atoms with van der Waals surface area (Å²) in [4.78, 5) is 14.2. The van der Waals surface area contributed by atoms with Gasteiger partial charge >= 0.3 is 0 Å². The molecule has 1 N–H and O–H groups in total. The normalized spacial score (nSPS) is 14.1. The molecule has 1 aromatic heterocycles. The second kappa shape index (κ2) is 5.58. The summed E-state index contributed by atoms with van der Waals surface area (Å²) in [6, 6.07) is 9.35. The number of benzene rings is 2. The Morgan fingerprint density at radius 3 is 2.48 bits per heavy atom. The zero-order valence-electron chi connectivity index (χ0n) is 13.9. The Hall–Kier alpha value is -2.89. The predicted molar refractivity (Wildman–Crippen MR) is 93.2 cm³/mol. The molecule has 1 amide bonds. The molecule has 0 fully saturated rings. The first-order valence-electron chi connectivity index (χ1n) is 8.04. The van der Waals surface area contributed by atoms with Gasteiger partial charge in [0, 0.05) is 55.6 Å². The van der Waals surface area contributed by atoms with E-state index in [-0.39, 0.29) is 5.91 Å². The van der Waals surface area contributed by atoms with Crippen LogP contribution in [-0.2, 0) is 13.5 Å². The zero-order chi connectivity index (χ0) is 17.7. The molecule has 6 heteroatoms. The van der Waals surface area contributed by atoms with E-state index in [4.69, 9.17) is 0 Å². The van der Waals surface area contributed by atoms with Crippen molar-refractivity contribution in [3.05, 3.63) is 59.3 Å². The Kier molecular flexibility index (Phi) is 3.49. The minimum absolute atomic E-state index is 0.0353. The molecule has 0 aliphatic carbocycles. The van der Waals surface area contributed by atoms with Crippen LogP contribution in [0.3, 0.4) is 0 Å². The molecule has 0 radical (unpaired) electrons. The number of aromatic nitrogens is 1. The van der Waals surface area contributed by atoms with Crippen LogP contribution in [0, 0.1) is 11.6 Å². The number of nitrogens with one attached hydrogen (secondary N) is 1. The summed E-state index contributed by atoms with van der Waals surface area (Å²) in [5, 5.41) is 3.98. The van der Waals surface area contributed by atoms with Crippen LogP contribution in [0.15, 0.2) is 36.4 Å². The second-order valence-corrected chi connectivity index (χ2v) is 6.34. The Bertz CT molecular complexity index is 1010. The van der Waals surface area contributed by atoms with Crippen molar-refractivity contribution in [3.8, 4) is 0 Å². The lowest BCUT2D eigenvalue weighted by molar-refractivity contribution is 0.0781. The van der Waals surface area contributed by atoms with Gasteiger partial charge in [0.15, 0.2) is 11.6 Å². The van der Waals surface area contributed by atoms with Crippen molar-refractivity contribution in [1.29, 1.82) is 0 Å². The van der Waals surface area contributed by atoms with E-state index >= 15 is 0 Å². The minimum Gasteiger partial charge on any atom is -0.355 e. The third-order valence-electron chi connectivity index (χ3n) is 4.77. The standard InChI is InChI=1S/C19H17F2N3O/c1-23-8-7-16-18(19(23)25)13-5-3-12(10-17(13)24(16)2)22-11-4-6-14(20)15(21)9-11/h3-6,9-10,22H,7-8H2,1-2H3. The summed E-state index contributed by atoms with van der Waals surface area (Å²) in [7, 11) is 3.75. The summed E-state index contributed by atoms with van der Waals surface area (Å²) >= 11 is 0. The molecule has 2 heterocycles. The first-order chi connectivity index (χ1) is 12.0. The van der Waals surface area contributed by atoms with E-state index in [2.05, 4.69) is 5.32 Å². The molecule has 0 unspecified atom stereocenters. The number of anilines is 2. The quantitative estimate of drug-likeness (QED) is 0.769. The van der Waals surface area contributed by atoms with Gasteiger partial charge in [0.1, 0.15) is 0 Å². The Balaban J connectivity index is 1.77. The largest absolute Gasteiger partial charge is 0.355 e. The van der Waals surface area contributed by atoms with Crippen molar-refractivity contribution in [2.24, 2.45) is 7.05 Å². The molecular formula is C19H17F2N3O. The van der Waals surface area contributed by atoms with Crippen LogP contribution in [0.4, 0.5) is 20.2 Å². The molecule has 0 saturated heterocycles. The van der Waals surface area contributed by atoms with Crippen LogP contribution < -0.4 is 5.32 Å². The van der Waals surface area contributed by atoms with Gasteiger partial charge < -0.3 is 14.8 Å². The third-order valence-corrected chi connectivity index (χ3v) is 4.77. The summed E-state index contributed by atoms with van der Waals surface area (Å²) in [6.07, 6.45) is 0.814. The topological polar surface area (TPSA) is 37.3 Å². The van der Waals surface area contributed by atoms with Crippen LogP contribution in [-0.4, -0.2) is 29.0 Å². The summed E-state index contributed by atoms with van der Waals surface area (Å²) in [5.41, 5.74) is 3.93. The monoisotopic (exact) mass is 341 g/mol. The first kappa shape index (κ1) is 15.6. The molecule has 4 nitrogen and oxygen atoms in total. The molecule has 0 saturated carbocycles. The summed E-state index contributed by atoms with van der Waals surface area (Å²) in [5.74, 6) is -1.74. The van der Waals surface area contributed by atoms with E-state index in [1.54, 1.807) is 4.90 Å². The van der Waals surface area contributed by atoms with Gasteiger partial charge in [-0.25, -0.2) is 8.78 Å². The van der Waals surface area contributed by atoms with Gasteiger partial charge in [-0.15, -0.1) is 0 Å². The molecule has 4 rings (SSSR count). The van der Waals surface area contributed by atoms with E-state index in [0.717, 1.165) is 46.4 Å². The smallest absolute Gasteiger partial charge is 0.256 e. The minimum atomic E-state index is -0.894. The van der Waals surface area contributed by atoms with Gasteiger partial charge in [0.05, 0.1) is 11.1 Å². The lowest BCUT2D eigenvalue weighted by Crippen LogP contribution is -2.34. The fraction of sp³-hybridized carbons (Fsp3) is 0.211. The van der Waals surface area contributed by atoms with E-state index in [1.165, 1.54) is 6.07 Å². The molecule has 3 aromatic rings. The highest BCUT2D eigenvalue weighted by Crippen LogP contribution is 2.32. The van der Waals surface area contributed by atoms with E-state index in [1.807, 2.05) is 36.9 Å². The fourth-order valence-electron chi connectivity index (χ4n) is 3.40. The molecule has 0 spiro atoms. The fourth-order valence-corrected chi connectivity index (χ4v) is 3.40. The highest BCUT2D eigenvalue weighted by molar-refractivity contribution is 6.09. The number of fused-ring (bicyclic) bond motifs is 3. The average Bonchev–Trinajstić information content (AvgIpc) is 2.87. The number of carbonyl (C=O) groups excluding carboxylic acids is 1. The molecule has 0 atom stereocenters. The third kappa shape index (κ3) is 2.45.